The normalized spacial score (nSPS) is 15.3. The van der Waals surface area contributed by atoms with Crippen molar-refractivity contribution in [2.75, 3.05) is 233 Å². The maximum atomic E-state index is 8.95. The van der Waals surface area contributed by atoms with Gasteiger partial charge in [-0.3, -0.25) is 24.5 Å². The molecule has 4 fully saturated rings. The quantitative estimate of drug-likeness (QED) is 0.0224. The van der Waals surface area contributed by atoms with E-state index in [1.165, 1.54) is 32.4 Å². The molecule has 13 aromatic rings. The molecule has 0 spiro atoms. The van der Waals surface area contributed by atoms with Gasteiger partial charge in [-0.15, -0.1) is 0 Å². The van der Waals surface area contributed by atoms with Gasteiger partial charge in [-0.2, -0.15) is 0 Å². The van der Waals surface area contributed by atoms with E-state index >= 15 is 0 Å². The number of likely N-dealkylation sites (tertiary alicyclic amines) is 1. The first-order valence-electron chi connectivity index (χ1n) is 39.7. The van der Waals surface area contributed by atoms with Crippen LogP contribution in [0.5, 0.6) is 34.5 Å². The molecular weight excluding hydrogens is 1440 g/mol. The van der Waals surface area contributed by atoms with Crippen molar-refractivity contribution in [3.63, 3.8) is 0 Å². The number of nitrogens with two attached hydrogens (primary N) is 6. The van der Waals surface area contributed by atoms with Gasteiger partial charge in [0.1, 0.15) is 74.1 Å². The fourth-order valence-electron chi connectivity index (χ4n) is 14.3. The van der Waals surface area contributed by atoms with Crippen LogP contribution >= 0.6 is 0 Å². The molecule has 17 rings (SSSR count). The van der Waals surface area contributed by atoms with Crippen LogP contribution in [0.2, 0.25) is 0 Å². The van der Waals surface area contributed by atoms with E-state index in [1.54, 1.807) is 12.5 Å². The Labute approximate surface area is 666 Å². The van der Waals surface area contributed by atoms with E-state index in [4.69, 9.17) is 72.7 Å². The molecule has 4 aliphatic rings. The Morgan fingerprint density at radius 1 is 0.360 bits per heavy atom. The standard InChI is InChI=1S/C16H24N4O2.C15H22N4O.C15H21N3O.C14H19N3O2.C13H14N4O.C12H17N3O/c17-14-1-2-15(16-13(14)3-4-18-16)22-12-10-20-7-5-19(6-8-20)9-11-21;1-18-6-8-19(9-7-18)10-11-20-14-3-2-13(16)12-4-5-17-15(12)14;16-13-4-5-14(15-12(13)6-7-17-15)19-11-10-18-8-2-1-3-9-18;15-12-1-2-13(14-11(12)3-4-16-14)19-10-7-17-5-8-18-9-6-17;14-11-1-2-12(13-10(11)3-4-16-13)18-8-7-17-6-5-15-9-17;1-15(2)7-8-16-11-4-3-10(13)9-5-6-14-12(9)11/h1-4,18,21H,5-12,17H2;2-5,17H,6-11,16H2,1H3;4-7,17H,1-3,8-11,16H2;1-4,16H,5-10,15H2;1-6,9,16H,7-8,14H2;3-6,14H,7-8,13H2,1-2H3. The molecule has 4 aliphatic heterocycles. The summed E-state index contributed by atoms with van der Waals surface area (Å²) in [6.45, 7) is 25.2. The molecule has 19 N–H and O–H groups in total. The minimum absolute atomic E-state index is 0.242. The van der Waals surface area contributed by atoms with Gasteiger partial charge < -0.3 is 117 Å². The first-order valence-corrected chi connectivity index (χ1v) is 39.7. The molecule has 114 heavy (non-hydrogen) atoms. The number of hydrogen-bond acceptors (Lipinski definition) is 22. The van der Waals surface area contributed by atoms with Gasteiger partial charge in [0.25, 0.3) is 0 Å². The third-order valence-electron chi connectivity index (χ3n) is 21.0. The number of nitrogens with zero attached hydrogens (tertiary/aromatic N) is 9. The summed E-state index contributed by atoms with van der Waals surface area (Å²) < 4.78 is 42.4. The van der Waals surface area contributed by atoms with Crippen molar-refractivity contribution in [2.24, 2.45) is 0 Å². The second-order valence-electron chi connectivity index (χ2n) is 29.1. The molecule has 610 valence electrons. The van der Waals surface area contributed by atoms with Crippen LogP contribution in [0.15, 0.2) is 165 Å². The number of aromatic nitrogens is 8. The number of nitrogen functional groups attached to an aromatic ring is 6. The number of H-pyrrole nitrogens is 6. The number of anilines is 6. The summed E-state index contributed by atoms with van der Waals surface area (Å²) >= 11 is 0. The number of piperazine rings is 2. The maximum Gasteiger partial charge on any atom is 0.143 e. The molecular formula is C85H117N21O8. The molecule has 0 aliphatic carbocycles. The Kier molecular flexibility index (Phi) is 30.5. The Hall–Kier alpha value is -11.0. The number of morpholine rings is 1. The molecule has 4 saturated heterocycles. The predicted molar refractivity (Wildman–Crippen MR) is 461 cm³/mol. The molecule has 0 radical (unpaired) electrons. The second-order valence-corrected chi connectivity index (χ2v) is 29.1. The maximum absolute atomic E-state index is 8.95. The summed E-state index contributed by atoms with van der Waals surface area (Å²) in [5, 5.41) is 15.1. The van der Waals surface area contributed by atoms with Gasteiger partial charge in [-0.05, 0) is 156 Å². The van der Waals surface area contributed by atoms with Gasteiger partial charge in [0.2, 0.25) is 0 Å². The van der Waals surface area contributed by atoms with Crippen molar-refractivity contribution in [3.05, 3.63) is 165 Å². The third-order valence-corrected chi connectivity index (χ3v) is 21.0. The van der Waals surface area contributed by atoms with Gasteiger partial charge in [0.15, 0.2) is 0 Å². The SMILES string of the molecule is CN(C)CCOc1ccc(N)c2cc[nH]c12.CN1CCN(CCOc2ccc(N)c3cc[nH]c23)CC1.Nc1ccc(OCCN2CCCCC2)c2[nH]ccc12.Nc1ccc(OCCN2CCN(CCO)CC2)c2[nH]ccc12.Nc1ccc(OCCN2CCOCC2)c2[nH]ccc12.Nc1ccc(OCCn2ccnc2)c2[nH]ccc12. The fourth-order valence-corrected chi connectivity index (χ4v) is 14.3. The summed E-state index contributed by atoms with van der Waals surface area (Å²) in [7, 11) is 6.22. The number of rotatable bonds is 26. The largest absolute Gasteiger partial charge is 0.490 e. The first kappa shape index (κ1) is 82.5. The number of benzene rings is 6. The van der Waals surface area contributed by atoms with Gasteiger partial charge in [-0.1, -0.05) is 6.42 Å². The second kappa shape index (κ2) is 42.2. The minimum Gasteiger partial charge on any atom is -0.490 e. The number of β-amino-alcohol motifs (C(OH)–C–C–N with tert-alkyl or cyclic N) is 1. The number of imidazole rings is 1. The number of ether oxygens (including phenoxy) is 7. The molecule has 11 heterocycles. The minimum atomic E-state index is 0.242. The smallest absolute Gasteiger partial charge is 0.143 e. The average molecular weight is 1560 g/mol. The van der Waals surface area contributed by atoms with Crippen molar-refractivity contribution in [1.29, 1.82) is 0 Å². The van der Waals surface area contributed by atoms with Crippen LogP contribution in [0.4, 0.5) is 34.1 Å². The lowest BCUT2D eigenvalue weighted by molar-refractivity contribution is 0.0323. The number of aromatic amines is 6. The van der Waals surface area contributed by atoms with Crippen molar-refractivity contribution in [3.8, 4) is 34.5 Å². The van der Waals surface area contributed by atoms with Crippen molar-refractivity contribution in [1.82, 2.24) is 73.8 Å². The highest BCUT2D eigenvalue weighted by Gasteiger charge is 2.20. The van der Waals surface area contributed by atoms with Crippen LogP contribution in [0.3, 0.4) is 0 Å². The molecule has 0 amide bonds. The summed E-state index contributed by atoms with van der Waals surface area (Å²) in [5.74, 6) is 5.18. The number of likely N-dealkylation sites (N-methyl/N-ethyl adjacent to an activating group) is 2. The van der Waals surface area contributed by atoms with Crippen molar-refractivity contribution >= 4 is 99.5 Å². The number of aliphatic hydroxyl groups is 1. The number of hydrogen-bond donors (Lipinski definition) is 13. The van der Waals surface area contributed by atoms with Gasteiger partial charge in [0.05, 0.1) is 65.8 Å². The van der Waals surface area contributed by atoms with Gasteiger partial charge in [0, 0.05) is 221 Å². The Bertz CT molecular complexity index is 4880. The van der Waals surface area contributed by atoms with Gasteiger partial charge >= 0.3 is 0 Å². The lowest BCUT2D eigenvalue weighted by atomic mass is 10.1. The zero-order valence-corrected chi connectivity index (χ0v) is 66.3. The summed E-state index contributed by atoms with van der Waals surface area (Å²) in [4.78, 5) is 39.5. The van der Waals surface area contributed by atoms with E-state index in [-0.39, 0.29) is 6.61 Å². The molecule has 7 aromatic heterocycles. The zero-order chi connectivity index (χ0) is 79.4. The topological polar surface area (TPSA) is 376 Å². The highest BCUT2D eigenvalue weighted by Crippen LogP contribution is 2.34. The number of piperidine rings is 1. The summed E-state index contributed by atoms with van der Waals surface area (Å²) in [6.07, 6.45) is 20.8. The molecule has 0 saturated carbocycles. The van der Waals surface area contributed by atoms with E-state index < -0.39 is 0 Å². The van der Waals surface area contributed by atoms with Crippen LogP contribution in [0.1, 0.15) is 19.3 Å². The molecule has 6 aromatic carbocycles. The van der Waals surface area contributed by atoms with E-state index in [1.807, 2.05) is 171 Å². The van der Waals surface area contributed by atoms with Crippen LogP contribution < -0.4 is 62.8 Å². The molecule has 29 heteroatoms. The van der Waals surface area contributed by atoms with E-state index in [9.17, 15) is 0 Å². The van der Waals surface area contributed by atoms with Crippen LogP contribution in [0.25, 0.3) is 65.4 Å². The predicted octanol–water partition coefficient (Wildman–Crippen LogP) is 9.91. The number of fused-ring (bicyclic) bond motifs is 6. The first-order chi connectivity index (χ1) is 55.7. The van der Waals surface area contributed by atoms with Crippen molar-refractivity contribution < 1.29 is 38.3 Å². The third kappa shape index (κ3) is 23.1. The zero-order valence-electron chi connectivity index (χ0n) is 66.3. The number of aliphatic hydroxyl groups excluding tert-OH is 1. The fraction of sp³-hybridized carbons (Fsp3) is 0.400. The number of nitrogens with one attached hydrogen (secondary N) is 6. The monoisotopic (exact) mass is 1560 g/mol. The lowest BCUT2D eigenvalue weighted by Crippen LogP contribution is -2.48. The molecule has 0 atom stereocenters. The molecule has 29 nitrogen and oxygen atoms in total. The van der Waals surface area contributed by atoms with Crippen LogP contribution in [-0.4, -0.2) is 277 Å². The highest BCUT2D eigenvalue weighted by atomic mass is 16.5. The van der Waals surface area contributed by atoms with Gasteiger partial charge in [-0.25, -0.2) is 4.98 Å². The highest BCUT2D eigenvalue weighted by molar-refractivity contribution is 5.98. The van der Waals surface area contributed by atoms with E-state index in [0.717, 1.165) is 265 Å². The van der Waals surface area contributed by atoms with E-state index in [2.05, 4.69) is 76.2 Å². The average Bonchev–Trinajstić information content (AvgIpc) is 1.69. The summed E-state index contributed by atoms with van der Waals surface area (Å²) in [5.41, 5.74) is 46.0. The van der Waals surface area contributed by atoms with Crippen molar-refractivity contribution in [2.45, 2.75) is 25.8 Å². The van der Waals surface area contributed by atoms with Crippen LogP contribution in [0, 0.1) is 0 Å². The summed E-state index contributed by atoms with van der Waals surface area (Å²) in [6, 6.07) is 34.7. The molecule has 0 unspecified atom stereocenters. The van der Waals surface area contributed by atoms with Crippen LogP contribution in [-0.2, 0) is 11.3 Å². The lowest BCUT2D eigenvalue weighted by Gasteiger charge is -2.34. The molecule has 0 bridgehead atoms. The Morgan fingerprint density at radius 3 is 0.956 bits per heavy atom. The van der Waals surface area contributed by atoms with E-state index in [0.29, 0.717) is 33.0 Å². The Morgan fingerprint density at radius 2 is 0.649 bits per heavy atom. The Balaban J connectivity index is 0.000000127.